The summed E-state index contributed by atoms with van der Waals surface area (Å²) in [4.78, 5) is 11.3. The molecule has 0 amide bonds. The lowest BCUT2D eigenvalue weighted by Crippen LogP contribution is -2.04. The van der Waals surface area contributed by atoms with Crippen LogP contribution in [0, 0.1) is 11.6 Å². The van der Waals surface area contributed by atoms with Crippen molar-refractivity contribution < 1.29 is 22.7 Å². The van der Waals surface area contributed by atoms with Gasteiger partial charge in [0.05, 0.1) is 6.61 Å². The largest absolute Gasteiger partial charge is 0.459 e. The minimum absolute atomic E-state index is 0.123. The van der Waals surface area contributed by atoms with Crippen LogP contribution in [0.1, 0.15) is 17.6 Å². The fraction of sp³-hybridized carbons (Fsp3) is 0.182. The van der Waals surface area contributed by atoms with Crippen molar-refractivity contribution in [1.82, 2.24) is 10.2 Å². The molecule has 1 aromatic carbocycles. The summed E-state index contributed by atoms with van der Waals surface area (Å²) in [6, 6.07) is 2.10. The summed E-state index contributed by atoms with van der Waals surface area (Å²) in [6.45, 7) is 1.72. The molecule has 0 N–H and O–H groups in total. The van der Waals surface area contributed by atoms with Gasteiger partial charge in [-0.1, -0.05) is 15.9 Å². The quantitative estimate of drug-likeness (QED) is 0.808. The van der Waals surface area contributed by atoms with Crippen LogP contribution in [0.5, 0.6) is 0 Å². The molecule has 19 heavy (non-hydrogen) atoms. The number of hydrogen-bond donors (Lipinski definition) is 0. The van der Waals surface area contributed by atoms with Crippen molar-refractivity contribution in [3.05, 3.63) is 34.1 Å². The maximum atomic E-state index is 13.6. The van der Waals surface area contributed by atoms with Gasteiger partial charge in [0.25, 0.3) is 5.89 Å². The van der Waals surface area contributed by atoms with Crippen LogP contribution >= 0.6 is 15.9 Å². The Balaban J connectivity index is 2.41. The lowest BCUT2D eigenvalue weighted by Gasteiger charge is -2.00. The van der Waals surface area contributed by atoms with E-state index < -0.39 is 34.9 Å². The number of rotatable bonds is 3. The van der Waals surface area contributed by atoms with Gasteiger partial charge in [-0.3, -0.25) is 0 Å². The van der Waals surface area contributed by atoms with Gasteiger partial charge in [-0.2, -0.15) is 0 Å². The van der Waals surface area contributed by atoms with Gasteiger partial charge in [0.1, 0.15) is 17.2 Å². The Bertz CT molecular complexity index is 607. The minimum atomic E-state index is -0.883. The number of ether oxygens (including phenoxy) is 1. The number of nitrogens with zero attached hydrogens (tertiary/aromatic N) is 2. The monoisotopic (exact) mass is 332 g/mol. The van der Waals surface area contributed by atoms with Gasteiger partial charge >= 0.3 is 11.9 Å². The van der Waals surface area contributed by atoms with Gasteiger partial charge < -0.3 is 9.15 Å². The molecule has 8 heteroatoms. The van der Waals surface area contributed by atoms with E-state index in [0.717, 1.165) is 12.1 Å². The maximum absolute atomic E-state index is 13.6. The van der Waals surface area contributed by atoms with Crippen LogP contribution in [-0.2, 0) is 4.74 Å². The first-order chi connectivity index (χ1) is 9.02. The normalized spacial score (nSPS) is 10.5. The average Bonchev–Trinajstić information content (AvgIpc) is 2.77. The van der Waals surface area contributed by atoms with E-state index in [1.165, 1.54) is 0 Å². The molecule has 0 atom stereocenters. The molecule has 0 fully saturated rings. The van der Waals surface area contributed by atoms with E-state index in [-0.39, 0.29) is 11.1 Å². The molecule has 2 rings (SSSR count). The van der Waals surface area contributed by atoms with E-state index >= 15 is 0 Å². The van der Waals surface area contributed by atoms with Crippen LogP contribution in [-0.4, -0.2) is 22.8 Å². The fourth-order valence-corrected chi connectivity index (χ4v) is 1.75. The van der Waals surface area contributed by atoms with Crippen molar-refractivity contribution in [2.45, 2.75) is 6.92 Å². The molecule has 0 aliphatic rings. The van der Waals surface area contributed by atoms with Crippen LogP contribution in [0.3, 0.4) is 0 Å². The van der Waals surface area contributed by atoms with Crippen molar-refractivity contribution in [3.63, 3.8) is 0 Å². The van der Waals surface area contributed by atoms with Gasteiger partial charge in [0.2, 0.25) is 0 Å². The first-order valence-electron chi connectivity index (χ1n) is 5.18. The third kappa shape index (κ3) is 2.78. The van der Waals surface area contributed by atoms with Crippen molar-refractivity contribution >= 4 is 21.9 Å². The lowest BCUT2D eigenvalue weighted by atomic mass is 10.2. The zero-order valence-corrected chi connectivity index (χ0v) is 11.2. The first-order valence-corrected chi connectivity index (χ1v) is 5.97. The lowest BCUT2D eigenvalue weighted by molar-refractivity contribution is 0.0481. The molecule has 1 aromatic heterocycles. The predicted octanol–water partition coefficient (Wildman–Crippen LogP) is 2.95. The highest BCUT2D eigenvalue weighted by molar-refractivity contribution is 9.10. The van der Waals surface area contributed by atoms with Gasteiger partial charge in [-0.25, -0.2) is 13.6 Å². The molecule has 0 radical (unpaired) electrons. The van der Waals surface area contributed by atoms with Gasteiger partial charge in [-0.15, -0.1) is 10.2 Å². The highest BCUT2D eigenvalue weighted by atomic mass is 79.9. The second kappa shape index (κ2) is 5.43. The van der Waals surface area contributed by atoms with Crippen LogP contribution in [0.25, 0.3) is 11.5 Å². The van der Waals surface area contributed by atoms with E-state index in [1.54, 1.807) is 6.92 Å². The molecular weight excluding hydrogens is 326 g/mol. The fourth-order valence-electron chi connectivity index (χ4n) is 1.35. The number of benzene rings is 1. The Morgan fingerprint density at radius 1 is 1.37 bits per heavy atom. The Morgan fingerprint density at radius 2 is 2.00 bits per heavy atom. The molecule has 100 valence electrons. The van der Waals surface area contributed by atoms with Gasteiger partial charge in [0, 0.05) is 4.47 Å². The average molecular weight is 333 g/mol. The molecule has 1 heterocycles. The second-order valence-electron chi connectivity index (χ2n) is 3.38. The van der Waals surface area contributed by atoms with Gasteiger partial charge in [-0.05, 0) is 19.1 Å². The van der Waals surface area contributed by atoms with Crippen LogP contribution in [0.2, 0.25) is 0 Å². The SMILES string of the molecule is CCOC(=O)c1nnc(-c2c(F)cc(Br)cc2F)o1. The molecule has 0 saturated carbocycles. The number of carbonyl (C=O) groups is 1. The highest BCUT2D eigenvalue weighted by Gasteiger charge is 2.22. The summed E-state index contributed by atoms with van der Waals surface area (Å²) in [7, 11) is 0. The molecule has 0 saturated heterocycles. The summed E-state index contributed by atoms with van der Waals surface area (Å²) >= 11 is 2.95. The highest BCUT2D eigenvalue weighted by Crippen LogP contribution is 2.28. The van der Waals surface area contributed by atoms with Crippen molar-refractivity contribution in [2.75, 3.05) is 6.61 Å². The van der Waals surface area contributed by atoms with Crippen molar-refractivity contribution in [2.24, 2.45) is 0 Å². The summed E-state index contributed by atoms with van der Waals surface area (Å²) < 4.78 is 37.0. The van der Waals surface area contributed by atoms with E-state index in [4.69, 9.17) is 4.42 Å². The van der Waals surface area contributed by atoms with E-state index in [1.807, 2.05) is 0 Å². The predicted molar refractivity (Wildman–Crippen MR) is 63.3 cm³/mol. The zero-order valence-electron chi connectivity index (χ0n) is 9.61. The standard InChI is InChI=1S/C11H7BrF2N2O3/c1-2-18-11(17)10-16-15-9(19-10)8-6(13)3-5(12)4-7(8)14/h3-4H,2H2,1H3. The number of hydrogen-bond acceptors (Lipinski definition) is 5. The van der Waals surface area contributed by atoms with Crippen LogP contribution < -0.4 is 0 Å². The van der Waals surface area contributed by atoms with E-state index in [9.17, 15) is 13.6 Å². The number of esters is 1. The summed E-state index contributed by atoms with van der Waals surface area (Å²) in [5, 5.41) is 6.81. The van der Waals surface area contributed by atoms with E-state index in [0.29, 0.717) is 0 Å². The maximum Gasteiger partial charge on any atom is 0.396 e. The molecule has 0 spiro atoms. The molecular formula is C11H7BrF2N2O3. The Hall–Kier alpha value is -1.83. The summed E-state index contributed by atoms with van der Waals surface area (Å²) in [5.74, 6) is -3.50. The summed E-state index contributed by atoms with van der Waals surface area (Å²) in [6.07, 6.45) is 0. The minimum Gasteiger partial charge on any atom is -0.459 e. The van der Waals surface area contributed by atoms with E-state index in [2.05, 4.69) is 30.9 Å². The smallest absolute Gasteiger partial charge is 0.396 e. The van der Waals surface area contributed by atoms with Crippen LogP contribution in [0.15, 0.2) is 21.0 Å². The third-order valence-electron chi connectivity index (χ3n) is 2.10. The number of halogens is 3. The molecule has 0 unspecified atom stereocenters. The Kier molecular flexibility index (Phi) is 3.89. The van der Waals surface area contributed by atoms with Gasteiger partial charge in [0.15, 0.2) is 0 Å². The molecule has 0 aliphatic heterocycles. The molecule has 0 bridgehead atoms. The topological polar surface area (TPSA) is 65.2 Å². The van der Waals surface area contributed by atoms with Crippen molar-refractivity contribution in [1.29, 1.82) is 0 Å². The molecule has 5 nitrogen and oxygen atoms in total. The Morgan fingerprint density at radius 3 is 2.58 bits per heavy atom. The number of aromatic nitrogens is 2. The molecule has 0 aliphatic carbocycles. The van der Waals surface area contributed by atoms with Crippen LogP contribution in [0.4, 0.5) is 8.78 Å². The third-order valence-corrected chi connectivity index (χ3v) is 2.55. The van der Waals surface area contributed by atoms with Crippen molar-refractivity contribution in [3.8, 4) is 11.5 Å². The summed E-state index contributed by atoms with van der Waals surface area (Å²) in [5.41, 5.74) is -0.494. The zero-order chi connectivity index (χ0) is 14.0. The first kappa shape index (κ1) is 13.6. The number of carbonyl (C=O) groups excluding carboxylic acids is 1. The Labute approximate surface area is 114 Å². The second-order valence-corrected chi connectivity index (χ2v) is 4.29. The molecule has 2 aromatic rings.